The molecule has 0 spiro atoms. The topological polar surface area (TPSA) is 87.7 Å². The molecule has 0 saturated carbocycles. The zero-order valence-corrected chi connectivity index (χ0v) is 17.4. The van der Waals surface area contributed by atoms with Gasteiger partial charge < -0.3 is 15.2 Å². The minimum Gasteiger partial charge on any atom is -0.396 e. The molecular formula is C22H30N2O4S. The first-order chi connectivity index (χ1) is 14.0. The molecule has 0 saturated heterocycles. The Bertz CT molecular complexity index is 813. The number of aliphatic hydroxyl groups excluding tert-OH is 1. The maximum Gasteiger partial charge on any atom is 0.240 e. The van der Waals surface area contributed by atoms with E-state index in [1.807, 2.05) is 30.3 Å². The van der Waals surface area contributed by atoms with Gasteiger partial charge in [0, 0.05) is 19.2 Å². The Morgan fingerprint density at radius 2 is 1.69 bits per heavy atom. The number of hydrogen-bond donors (Lipinski definition) is 3. The lowest BCUT2D eigenvalue weighted by Crippen LogP contribution is -2.47. The molecule has 0 bridgehead atoms. The molecule has 0 aliphatic carbocycles. The lowest BCUT2D eigenvalue weighted by atomic mass is 10.1. The summed E-state index contributed by atoms with van der Waals surface area (Å²) in [5, 5.41) is 12.5. The summed E-state index contributed by atoms with van der Waals surface area (Å²) in [4.78, 5) is 0.214. The Morgan fingerprint density at radius 3 is 2.31 bits per heavy atom. The van der Waals surface area contributed by atoms with Crippen LogP contribution >= 0.6 is 0 Å². The van der Waals surface area contributed by atoms with Crippen LogP contribution < -0.4 is 10.0 Å². The molecule has 2 aromatic carbocycles. The number of nitrogens with one attached hydrogen (secondary N) is 2. The van der Waals surface area contributed by atoms with Gasteiger partial charge in [-0.1, -0.05) is 54.6 Å². The molecule has 2 unspecified atom stereocenters. The van der Waals surface area contributed by atoms with Crippen molar-refractivity contribution in [2.75, 3.05) is 19.8 Å². The normalized spacial score (nSPS) is 13.7. The fourth-order valence-corrected chi connectivity index (χ4v) is 4.13. The van der Waals surface area contributed by atoms with Crippen LogP contribution in [0.5, 0.6) is 0 Å². The van der Waals surface area contributed by atoms with E-state index in [0.29, 0.717) is 26.0 Å². The van der Waals surface area contributed by atoms with Crippen molar-refractivity contribution in [2.45, 2.75) is 36.4 Å². The molecule has 0 fully saturated rings. The van der Waals surface area contributed by atoms with E-state index < -0.39 is 16.1 Å². The van der Waals surface area contributed by atoms with Crippen molar-refractivity contribution in [3.05, 3.63) is 78.9 Å². The molecule has 2 rings (SSSR count). The van der Waals surface area contributed by atoms with Crippen molar-refractivity contribution >= 4 is 10.0 Å². The predicted molar refractivity (Wildman–Crippen MR) is 115 cm³/mol. The Hall–Kier alpha value is -2.03. The summed E-state index contributed by atoms with van der Waals surface area (Å²) in [6.07, 6.45) is 3.03. The van der Waals surface area contributed by atoms with E-state index in [1.165, 1.54) is 0 Å². The molecule has 0 aliphatic rings. The quantitative estimate of drug-likeness (QED) is 0.410. The summed E-state index contributed by atoms with van der Waals surface area (Å²) in [5.74, 6) is 0. The van der Waals surface area contributed by atoms with E-state index >= 15 is 0 Å². The van der Waals surface area contributed by atoms with Crippen molar-refractivity contribution in [2.24, 2.45) is 0 Å². The van der Waals surface area contributed by atoms with Crippen molar-refractivity contribution in [1.82, 2.24) is 10.0 Å². The standard InChI is InChI=1S/C22H30N2O4S/c1-2-9-20(14-15-25)23-16-21(18-28-17-19-10-5-3-6-11-19)24-29(26,27)22-12-7-4-8-13-22/h2-8,10-13,20-21,23-25H,1,9,14-18H2. The molecular weight excluding hydrogens is 388 g/mol. The highest BCUT2D eigenvalue weighted by Crippen LogP contribution is 2.09. The van der Waals surface area contributed by atoms with Crippen LogP contribution in [0, 0.1) is 0 Å². The van der Waals surface area contributed by atoms with E-state index in [-0.39, 0.29) is 24.2 Å². The van der Waals surface area contributed by atoms with Crippen molar-refractivity contribution in [3.63, 3.8) is 0 Å². The minimum absolute atomic E-state index is 0.0235. The Balaban J connectivity index is 2.01. The van der Waals surface area contributed by atoms with Gasteiger partial charge >= 0.3 is 0 Å². The van der Waals surface area contributed by atoms with Crippen LogP contribution in [-0.2, 0) is 21.4 Å². The van der Waals surface area contributed by atoms with Gasteiger partial charge in [0.2, 0.25) is 10.0 Å². The minimum atomic E-state index is -3.67. The second kappa shape index (κ2) is 12.5. The van der Waals surface area contributed by atoms with Crippen LogP contribution in [0.2, 0.25) is 0 Å². The number of aliphatic hydroxyl groups is 1. The molecule has 0 radical (unpaired) electrons. The van der Waals surface area contributed by atoms with Gasteiger partial charge in [-0.2, -0.15) is 0 Å². The molecule has 0 amide bonds. The number of hydrogen-bond acceptors (Lipinski definition) is 5. The molecule has 0 aliphatic heterocycles. The van der Waals surface area contributed by atoms with Crippen molar-refractivity contribution in [3.8, 4) is 0 Å². The summed E-state index contributed by atoms with van der Waals surface area (Å²) >= 11 is 0. The second-order valence-electron chi connectivity index (χ2n) is 6.77. The lowest BCUT2D eigenvalue weighted by Gasteiger charge is -2.23. The number of rotatable bonds is 14. The molecule has 158 valence electrons. The molecule has 2 atom stereocenters. The molecule has 0 aromatic heterocycles. The van der Waals surface area contributed by atoms with Gasteiger partial charge in [0.15, 0.2) is 0 Å². The third-order valence-corrected chi connectivity index (χ3v) is 5.92. The summed E-state index contributed by atoms with van der Waals surface area (Å²) in [6, 6.07) is 17.6. The van der Waals surface area contributed by atoms with Crippen LogP contribution in [0.3, 0.4) is 0 Å². The van der Waals surface area contributed by atoms with Gasteiger partial charge in [-0.05, 0) is 30.5 Å². The predicted octanol–water partition coefficient (Wildman–Crippen LogP) is 2.47. The summed E-state index contributed by atoms with van der Waals surface area (Å²) < 4.78 is 34.0. The zero-order chi connectivity index (χ0) is 21.0. The molecule has 0 heterocycles. The number of sulfonamides is 1. The largest absolute Gasteiger partial charge is 0.396 e. The third-order valence-electron chi connectivity index (χ3n) is 4.39. The highest BCUT2D eigenvalue weighted by Gasteiger charge is 2.21. The second-order valence-corrected chi connectivity index (χ2v) is 8.49. The molecule has 29 heavy (non-hydrogen) atoms. The molecule has 3 N–H and O–H groups in total. The van der Waals surface area contributed by atoms with Crippen molar-refractivity contribution in [1.29, 1.82) is 0 Å². The van der Waals surface area contributed by atoms with E-state index in [0.717, 1.165) is 5.56 Å². The van der Waals surface area contributed by atoms with Gasteiger partial charge in [0.25, 0.3) is 0 Å². The van der Waals surface area contributed by atoms with E-state index in [2.05, 4.69) is 16.6 Å². The SMILES string of the molecule is C=CCC(CCO)NCC(COCc1ccccc1)NS(=O)(=O)c1ccccc1. The van der Waals surface area contributed by atoms with Crippen LogP contribution in [0.25, 0.3) is 0 Å². The maximum atomic E-state index is 12.7. The van der Waals surface area contributed by atoms with Gasteiger partial charge in [0.1, 0.15) is 0 Å². The van der Waals surface area contributed by atoms with E-state index in [1.54, 1.807) is 36.4 Å². The molecule has 7 heteroatoms. The average molecular weight is 419 g/mol. The lowest BCUT2D eigenvalue weighted by molar-refractivity contribution is 0.102. The van der Waals surface area contributed by atoms with Gasteiger partial charge in [-0.25, -0.2) is 13.1 Å². The first-order valence-electron chi connectivity index (χ1n) is 9.69. The first-order valence-corrected chi connectivity index (χ1v) is 11.2. The molecule has 2 aromatic rings. The van der Waals surface area contributed by atoms with Crippen molar-refractivity contribution < 1.29 is 18.3 Å². The average Bonchev–Trinajstić information content (AvgIpc) is 2.73. The van der Waals surface area contributed by atoms with Crippen LogP contribution in [0.1, 0.15) is 18.4 Å². The highest BCUT2D eigenvalue weighted by molar-refractivity contribution is 7.89. The third kappa shape index (κ3) is 8.47. The van der Waals surface area contributed by atoms with Gasteiger partial charge in [-0.15, -0.1) is 6.58 Å². The fourth-order valence-electron chi connectivity index (χ4n) is 2.88. The smallest absolute Gasteiger partial charge is 0.240 e. The van der Waals surface area contributed by atoms with Gasteiger partial charge in [-0.3, -0.25) is 0 Å². The van der Waals surface area contributed by atoms with Crippen LogP contribution in [0.4, 0.5) is 0 Å². The van der Waals surface area contributed by atoms with Gasteiger partial charge in [0.05, 0.1) is 24.2 Å². The highest BCUT2D eigenvalue weighted by atomic mass is 32.2. The maximum absolute atomic E-state index is 12.7. The summed E-state index contributed by atoms with van der Waals surface area (Å²) in [6.45, 7) is 4.78. The monoisotopic (exact) mass is 418 g/mol. The zero-order valence-electron chi connectivity index (χ0n) is 16.5. The Labute approximate surface area is 173 Å². The van der Waals surface area contributed by atoms with Crippen LogP contribution in [-0.4, -0.2) is 45.4 Å². The first kappa shape index (κ1) is 23.3. The number of benzene rings is 2. The molecule has 6 nitrogen and oxygen atoms in total. The Kier molecular flexibility index (Phi) is 10.0. The number of ether oxygens (including phenoxy) is 1. The summed E-state index contributed by atoms with van der Waals surface area (Å²) in [5.41, 5.74) is 1.02. The van der Waals surface area contributed by atoms with Crippen LogP contribution in [0.15, 0.2) is 78.2 Å². The Morgan fingerprint density at radius 1 is 1.03 bits per heavy atom. The summed E-state index contributed by atoms with van der Waals surface area (Å²) in [7, 11) is -3.67. The van der Waals surface area contributed by atoms with E-state index in [9.17, 15) is 13.5 Å². The van der Waals surface area contributed by atoms with E-state index in [4.69, 9.17) is 4.74 Å². The fraction of sp³-hybridized carbons (Fsp3) is 0.364.